The Balaban J connectivity index is 2.88. The predicted octanol–water partition coefficient (Wildman–Crippen LogP) is 4.50. The Morgan fingerprint density at radius 1 is 1.32 bits per heavy atom. The van der Waals surface area contributed by atoms with Crippen LogP contribution in [0.1, 0.15) is 38.8 Å². The van der Waals surface area contributed by atoms with E-state index in [2.05, 4.69) is 46.9 Å². The van der Waals surface area contributed by atoms with Crippen LogP contribution in [0.4, 0.5) is 0 Å². The van der Waals surface area contributed by atoms with E-state index in [0.29, 0.717) is 6.42 Å². The van der Waals surface area contributed by atoms with Gasteiger partial charge < -0.3 is 5.32 Å². The van der Waals surface area contributed by atoms with Gasteiger partial charge in [0.25, 0.3) is 0 Å². The summed E-state index contributed by atoms with van der Waals surface area (Å²) >= 11 is 3.31. The average Bonchev–Trinajstić information content (AvgIpc) is 2.36. The van der Waals surface area contributed by atoms with Crippen LogP contribution < -0.4 is 5.32 Å². The van der Waals surface area contributed by atoms with Gasteiger partial charge in [-0.15, -0.1) is 0 Å². The van der Waals surface area contributed by atoms with Crippen LogP contribution in [0.15, 0.2) is 52.7 Å². The predicted molar refractivity (Wildman–Crippen MR) is 84.1 cm³/mol. The molecule has 0 heterocycles. The highest BCUT2D eigenvalue weighted by Crippen LogP contribution is 2.20. The fourth-order valence-corrected chi connectivity index (χ4v) is 2.23. The molecule has 19 heavy (non-hydrogen) atoms. The van der Waals surface area contributed by atoms with Crippen molar-refractivity contribution in [3.63, 3.8) is 0 Å². The molecule has 0 radical (unpaired) electrons. The number of Topliss-reactive ketones (excluding diaryl/α,β-unsaturated/α-hetero) is 1. The topological polar surface area (TPSA) is 29.1 Å². The smallest absolute Gasteiger partial charge is 0.157 e. The Hall–Kier alpha value is -1.35. The van der Waals surface area contributed by atoms with Gasteiger partial charge in [-0.05, 0) is 30.8 Å². The van der Waals surface area contributed by atoms with E-state index in [1.54, 1.807) is 6.92 Å². The highest BCUT2D eigenvalue weighted by molar-refractivity contribution is 9.11. The molecule has 1 atom stereocenters. The number of nitrogens with one attached hydrogen (secondary N) is 1. The maximum atomic E-state index is 11.7. The van der Waals surface area contributed by atoms with Crippen molar-refractivity contribution in [2.24, 2.45) is 0 Å². The largest absolute Gasteiger partial charge is 0.382 e. The van der Waals surface area contributed by atoms with Gasteiger partial charge in [-0.2, -0.15) is 0 Å². The van der Waals surface area contributed by atoms with Gasteiger partial charge in [0.2, 0.25) is 0 Å². The highest BCUT2D eigenvalue weighted by Gasteiger charge is 2.12. The molecule has 0 aliphatic heterocycles. The van der Waals surface area contributed by atoms with Gasteiger partial charge in [0.05, 0.1) is 0 Å². The molecule has 0 fully saturated rings. The minimum absolute atomic E-state index is 0.0749. The van der Waals surface area contributed by atoms with Gasteiger partial charge in [0, 0.05) is 23.7 Å². The molecule has 0 saturated carbocycles. The van der Waals surface area contributed by atoms with Crippen LogP contribution in [0, 0.1) is 0 Å². The zero-order chi connectivity index (χ0) is 14.4. The quantitative estimate of drug-likeness (QED) is 0.781. The molecule has 2 nitrogen and oxygen atoms in total. The lowest BCUT2D eigenvalue weighted by Crippen LogP contribution is -2.19. The van der Waals surface area contributed by atoms with E-state index in [9.17, 15) is 4.79 Å². The molecule has 3 heteroatoms. The van der Waals surface area contributed by atoms with Crippen LogP contribution >= 0.6 is 15.9 Å². The van der Waals surface area contributed by atoms with Gasteiger partial charge >= 0.3 is 0 Å². The summed E-state index contributed by atoms with van der Waals surface area (Å²) in [6, 6.07) is 10.3. The lowest BCUT2D eigenvalue weighted by atomic mass is 10.0. The van der Waals surface area contributed by atoms with Crippen LogP contribution in [0.5, 0.6) is 0 Å². The molecular formula is C16H20BrNO. The second-order valence-electron chi connectivity index (χ2n) is 4.63. The first-order valence-corrected chi connectivity index (χ1v) is 7.06. The molecule has 0 aliphatic rings. The molecular weight excluding hydrogens is 302 g/mol. The third-order valence-corrected chi connectivity index (χ3v) is 3.26. The Morgan fingerprint density at radius 3 is 2.37 bits per heavy atom. The van der Waals surface area contributed by atoms with E-state index in [1.165, 1.54) is 5.56 Å². The summed E-state index contributed by atoms with van der Waals surface area (Å²) in [5.41, 5.74) is 2.87. The zero-order valence-corrected chi connectivity index (χ0v) is 13.3. The van der Waals surface area contributed by atoms with Crippen molar-refractivity contribution in [2.75, 3.05) is 0 Å². The van der Waals surface area contributed by atoms with Crippen molar-refractivity contribution >= 4 is 21.7 Å². The second-order valence-corrected chi connectivity index (χ2v) is 5.75. The van der Waals surface area contributed by atoms with Crippen LogP contribution in [0.25, 0.3) is 0 Å². The van der Waals surface area contributed by atoms with Crippen molar-refractivity contribution < 1.29 is 4.79 Å². The third-order valence-electron chi connectivity index (χ3n) is 2.98. The van der Waals surface area contributed by atoms with Crippen molar-refractivity contribution in [3.8, 4) is 0 Å². The summed E-state index contributed by atoms with van der Waals surface area (Å²) < 4.78 is 0.811. The van der Waals surface area contributed by atoms with Crippen LogP contribution in [0.2, 0.25) is 0 Å². The number of carbonyl (C=O) groups is 1. The summed E-state index contributed by atoms with van der Waals surface area (Å²) in [5, 5.41) is 3.38. The van der Waals surface area contributed by atoms with E-state index in [0.717, 1.165) is 15.8 Å². The van der Waals surface area contributed by atoms with Gasteiger partial charge in [0.15, 0.2) is 5.78 Å². The molecule has 0 aliphatic carbocycles. The number of halogens is 1. The van der Waals surface area contributed by atoms with Crippen LogP contribution in [-0.4, -0.2) is 5.78 Å². The third kappa shape index (κ3) is 5.03. The maximum Gasteiger partial charge on any atom is 0.157 e. The summed E-state index contributed by atoms with van der Waals surface area (Å²) in [6.07, 6.45) is 0.551. The van der Waals surface area contributed by atoms with Gasteiger partial charge in [-0.1, -0.05) is 52.8 Å². The lowest BCUT2D eigenvalue weighted by Gasteiger charge is -2.18. The maximum absolute atomic E-state index is 11.7. The van der Waals surface area contributed by atoms with Crippen molar-refractivity contribution in [1.29, 1.82) is 0 Å². The first kappa shape index (κ1) is 15.7. The summed E-state index contributed by atoms with van der Waals surface area (Å²) in [4.78, 5) is 11.7. The van der Waals surface area contributed by atoms with Crippen LogP contribution in [-0.2, 0) is 4.79 Å². The Morgan fingerprint density at radius 2 is 1.89 bits per heavy atom. The highest BCUT2D eigenvalue weighted by atomic mass is 79.9. The number of hydrogen-bond acceptors (Lipinski definition) is 2. The number of allylic oxidation sites excluding steroid dienone is 3. The molecule has 102 valence electrons. The van der Waals surface area contributed by atoms with Crippen molar-refractivity contribution in [1.82, 2.24) is 5.32 Å². The monoisotopic (exact) mass is 321 g/mol. The average molecular weight is 322 g/mol. The van der Waals surface area contributed by atoms with E-state index >= 15 is 0 Å². The van der Waals surface area contributed by atoms with Crippen molar-refractivity contribution in [2.45, 2.75) is 33.2 Å². The molecule has 0 unspecified atom stereocenters. The molecule has 1 rings (SSSR count). The Labute approximate surface area is 123 Å². The Bertz CT molecular complexity index is 491. The zero-order valence-electron chi connectivity index (χ0n) is 11.7. The molecule has 0 bridgehead atoms. The minimum atomic E-state index is 0.0749. The molecule has 1 N–H and O–H groups in total. The Kier molecular flexibility index (Phi) is 6.03. The van der Waals surface area contributed by atoms with Gasteiger partial charge in [-0.25, -0.2) is 0 Å². The number of carbonyl (C=O) groups excluding carboxylic acids is 1. The summed E-state index contributed by atoms with van der Waals surface area (Å²) in [6.45, 7) is 9.41. The second kappa shape index (κ2) is 7.29. The summed E-state index contributed by atoms with van der Waals surface area (Å²) in [7, 11) is 0. The van der Waals surface area contributed by atoms with Crippen molar-refractivity contribution in [3.05, 3.63) is 58.2 Å². The number of benzene rings is 1. The summed E-state index contributed by atoms with van der Waals surface area (Å²) in [5.74, 6) is 0.0749. The fraction of sp³-hybridized carbons (Fsp3) is 0.312. The number of ketones is 1. The molecule has 1 aromatic carbocycles. The van der Waals surface area contributed by atoms with Gasteiger partial charge in [0.1, 0.15) is 0 Å². The molecule has 0 saturated heterocycles. The molecule has 0 aromatic heterocycles. The first-order valence-electron chi connectivity index (χ1n) is 6.27. The fourth-order valence-electron chi connectivity index (χ4n) is 1.95. The van der Waals surface area contributed by atoms with Gasteiger partial charge in [-0.3, -0.25) is 4.79 Å². The van der Waals surface area contributed by atoms with E-state index in [1.807, 2.05) is 25.1 Å². The normalized spacial score (nSPS) is 13.5. The lowest BCUT2D eigenvalue weighted by molar-refractivity contribution is -0.113. The van der Waals surface area contributed by atoms with E-state index in [-0.39, 0.29) is 11.8 Å². The van der Waals surface area contributed by atoms with E-state index < -0.39 is 0 Å². The molecule has 0 spiro atoms. The molecule has 1 aromatic rings. The standard InChI is InChI=1S/C16H20BrNO/c1-11(17)10-16(14(4)19)13(3)18-12(2)15-8-6-5-7-9-15/h5-9,12,18H,1,10H2,2-4H3/b16-13+/t12-/m1/s1. The molecule has 0 amide bonds. The van der Waals surface area contributed by atoms with E-state index in [4.69, 9.17) is 0 Å². The van der Waals surface area contributed by atoms with Crippen LogP contribution in [0.3, 0.4) is 0 Å². The number of hydrogen-bond donors (Lipinski definition) is 1. The first-order chi connectivity index (χ1) is 8.91. The minimum Gasteiger partial charge on any atom is -0.382 e. The number of rotatable bonds is 6. The SMILES string of the molecule is C=C(Br)C/C(C(C)=O)=C(/C)N[C@H](C)c1ccccc1.